The first-order valence-corrected chi connectivity index (χ1v) is 30.5. The Bertz CT molecular complexity index is 988. The van der Waals surface area contributed by atoms with Crippen LogP contribution in [0.1, 0.15) is 324 Å². The zero-order chi connectivity index (χ0) is 49.1. The molecule has 0 aliphatic carbocycles. The smallest absolute Gasteiger partial charge is 0.309 e. The molecule has 6 nitrogen and oxygen atoms in total. The molecule has 2 atom stereocenters. The van der Waals surface area contributed by atoms with E-state index < -0.39 is 0 Å². The summed E-state index contributed by atoms with van der Waals surface area (Å²) < 4.78 is 12.2. The van der Waals surface area contributed by atoms with Crippen molar-refractivity contribution in [1.29, 1.82) is 0 Å². The summed E-state index contributed by atoms with van der Waals surface area (Å²) in [6.07, 6.45) is 53.2. The number of esters is 2. The van der Waals surface area contributed by atoms with Gasteiger partial charge in [0.1, 0.15) is 6.10 Å². The third kappa shape index (κ3) is 45.7. The minimum atomic E-state index is -0.0427. The minimum Gasteiger partial charge on any atom is -0.466 e. The fraction of sp³-hybridized carbons (Fsp3) is 0.967. The Morgan fingerprint density at radius 3 is 1.25 bits per heavy atom. The number of hydrogen-bond donors (Lipinski definition) is 1. The Hall–Kier alpha value is -1.14. The molecule has 0 aliphatic heterocycles. The molecule has 400 valence electrons. The van der Waals surface area contributed by atoms with Crippen LogP contribution in [0.15, 0.2) is 0 Å². The number of unbranched alkanes of at least 4 members (excludes halogenated alkanes) is 30. The van der Waals surface area contributed by atoms with Crippen LogP contribution in [0.5, 0.6) is 0 Å². The van der Waals surface area contributed by atoms with E-state index in [9.17, 15) is 14.7 Å². The maximum absolute atomic E-state index is 14.6. The molecule has 1 N–H and O–H groups in total. The monoisotopic (exact) mass is 948 g/mol. The van der Waals surface area contributed by atoms with Crippen LogP contribution in [0.2, 0.25) is 0 Å². The fourth-order valence-electron chi connectivity index (χ4n) is 10.2. The summed E-state index contributed by atoms with van der Waals surface area (Å²) in [5.74, 6) is 1.32. The van der Waals surface area contributed by atoms with Gasteiger partial charge in [0.25, 0.3) is 0 Å². The lowest BCUT2D eigenvalue weighted by Crippen LogP contribution is -2.30. The molecule has 0 saturated carbocycles. The second kappa shape index (κ2) is 52.7. The van der Waals surface area contributed by atoms with E-state index in [1.54, 1.807) is 0 Å². The molecule has 2 unspecified atom stereocenters. The van der Waals surface area contributed by atoms with Gasteiger partial charge >= 0.3 is 11.9 Å². The highest BCUT2D eigenvalue weighted by molar-refractivity contribution is 5.73. The highest BCUT2D eigenvalue weighted by atomic mass is 16.5. The van der Waals surface area contributed by atoms with Crippen LogP contribution >= 0.6 is 0 Å². The molecule has 0 bridgehead atoms. The van der Waals surface area contributed by atoms with Crippen molar-refractivity contribution in [2.75, 3.05) is 32.8 Å². The maximum Gasteiger partial charge on any atom is 0.309 e. The molecule has 0 rings (SSSR count). The lowest BCUT2D eigenvalue weighted by Gasteiger charge is -2.29. The van der Waals surface area contributed by atoms with Gasteiger partial charge in [0.15, 0.2) is 0 Å². The van der Waals surface area contributed by atoms with Crippen LogP contribution in [0.3, 0.4) is 0 Å². The largest absolute Gasteiger partial charge is 0.466 e. The van der Waals surface area contributed by atoms with Gasteiger partial charge in [-0.1, -0.05) is 247 Å². The Balaban J connectivity index is 5.30. The van der Waals surface area contributed by atoms with E-state index in [0.717, 1.165) is 96.1 Å². The molecule has 0 spiro atoms. The third-order valence-corrected chi connectivity index (χ3v) is 14.7. The summed E-state index contributed by atoms with van der Waals surface area (Å²) in [5.41, 5.74) is 0. The molecule has 0 radical (unpaired) electrons. The fourth-order valence-corrected chi connectivity index (χ4v) is 10.2. The lowest BCUT2D eigenvalue weighted by molar-refractivity contribution is -0.157. The normalized spacial score (nSPS) is 12.7. The van der Waals surface area contributed by atoms with Gasteiger partial charge in [-0.15, -0.1) is 0 Å². The van der Waals surface area contributed by atoms with Crippen LogP contribution in [0.25, 0.3) is 0 Å². The average Bonchev–Trinajstić information content (AvgIpc) is 3.31. The highest BCUT2D eigenvalue weighted by Gasteiger charge is 2.30. The molecule has 0 aromatic carbocycles. The molecular formula is C61H121NO5. The van der Waals surface area contributed by atoms with E-state index >= 15 is 0 Å². The highest BCUT2D eigenvalue weighted by Crippen LogP contribution is 2.32. The second-order valence-corrected chi connectivity index (χ2v) is 21.8. The second-order valence-electron chi connectivity index (χ2n) is 21.8. The quantitative estimate of drug-likeness (QED) is 0.0484. The van der Waals surface area contributed by atoms with E-state index in [-0.39, 0.29) is 30.6 Å². The topological polar surface area (TPSA) is 76.1 Å². The number of carbonyl (C=O) groups excluding carboxylic acids is 2. The standard InChI is InChI=1S/C61H121NO5/c1-7-11-15-19-23-24-25-31-43-55-66-60(64)50-40-33-42-52-62(53-54-63)51-41-30-29-39-49-59(57(45-35-26-20-16-12-8-2)46-36-27-21-17-13-9-3)61(65)67-58(47-37-28-22-18-14-10-4)48-38-32-34-44-56(5)6/h56-59,63H,7-55H2,1-6H3. The number of carbonyl (C=O) groups is 2. The van der Waals surface area contributed by atoms with Crippen molar-refractivity contribution in [3.8, 4) is 0 Å². The van der Waals surface area contributed by atoms with Gasteiger partial charge < -0.3 is 19.5 Å². The summed E-state index contributed by atoms with van der Waals surface area (Å²) in [6, 6.07) is 0. The first-order valence-electron chi connectivity index (χ1n) is 30.5. The summed E-state index contributed by atoms with van der Waals surface area (Å²) in [6.45, 7) is 17.2. The number of hydrogen-bond acceptors (Lipinski definition) is 6. The first kappa shape index (κ1) is 65.9. The van der Waals surface area contributed by atoms with Gasteiger partial charge in [-0.2, -0.15) is 0 Å². The first-order chi connectivity index (χ1) is 32.8. The number of aliphatic hydroxyl groups is 1. The summed E-state index contributed by atoms with van der Waals surface area (Å²) in [5, 5.41) is 9.84. The van der Waals surface area contributed by atoms with Crippen molar-refractivity contribution in [3.05, 3.63) is 0 Å². The number of ether oxygens (including phenoxy) is 2. The van der Waals surface area contributed by atoms with Crippen LogP contribution in [0.4, 0.5) is 0 Å². The Labute approximate surface area is 420 Å². The zero-order valence-corrected chi connectivity index (χ0v) is 46.5. The molecular weight excluding hydrogens is 827 g/mol. The van der Waals surface area contributed by atoms with Crippen molar-refractivity contribution >= 4 is 11.9 Å². The molecule has 0 fully saturated rings. The van der Waals surface area contributed by atoms with Gasteiger partial charge in [0.2, 0.25) is 0 Å². The SMILES string of the molecule is CCCCCCCCCCCOC(=O)CCCCCN(CCO)CCCCCCC(C(=O)OC(CCCCCCCC)CCCCCC(C)C)C(CCCCCCCC)CCCCCCCC. The maximum atomic E-state index is 14.6. The molecule has 0 aromatic rings. The van der Waals surface area contributed by atoms with Crippen LogP contribution < -0.4 is 0 Å². The molecule has 0 heterocycles. The summed E-state index contributed by atoms with van der Waals surface area (Å²) >= 11 is 0. The predicted octanol–water partition coefficient (Wildman–Crippen LogP) is 18.9. The van der Waals surface area contributed by atoms with Crippen LogP contribution in [-0.4, -0.2) is 60.9 Å². The molecule has 0 aromatic heterocycles. The molecule has 0 aliphatic rings. The molecule has 0 saturated heterocycles. The lowest BCUT2D eigenvalue weighted by atomic mass is 9.80. The minimum absolute atomic E-state index is 0.0253. The van der Waals surface area contributed by atoms with Crippen LogP contribution in [-0.2, 0) is 19.1 Å². The Kier molecular flexibility index (Phi) is 51.8. The van der Waals surface area contributed by atoms with Gasteiger partial charge in [-0.25, -0.2) is 0 Å². The molecule has 6 heteroatoms. The van der Waals surface area contributed by atoms with Gasteiger partial charge in [0.05, 0.1) is 19.1 Å². The van der Waals surface area contributed by atoms with Crippen molar-refractivity contribution in [1.82, 2.24) is 4.90 Å². The van der Waals surface area contributed by atoms with Crippen molar-refractivity contribution in [3.63, 3.8) is 0 Å². The predicted molar refractivity (Wildman–Crippen MR) is 292 cm³/mol. The Morgan fingerprint density at radius 2 is 0.791 bits per heavy atom. The number of aliphatic hydroxyl groups excluding tert-OH is 1. The van der Waals surface area contributed by atoms with E-state index in [0.29, 0.717) is 25.5 Å². The van der Waals surface area contributed by atoms with E-state index in [1.165, 1.54) is 199 Å². The van der Waals surface area contributed by atoms with Crippen molar-refractivity contribution < 1.29 is 24.2 Å². The Morgan fingerprint density at radius 1 is 0.418 bits per heavy atom. The van der Waals surface area contributed by atoms with Gasteiger partial charge in [-0.3, -0.25) is 9.59 Å². The van der Waals surface area contributed by atoms with E-state index in [2.05, 4.69) is 46.4 Å². The molecule has 0 amide bonds. The third-order valence-electron chi connectivity index (χ3n) is 14.7. The number of nitrogens with zero attached hydrogens (tertiary/aromatic N) is 1. The number of rotatable bonds is 55. The van der Waals surface area contributed by atoms with Crippen molar-refractivity contribution in [2.24, 2.45) is 17.8 Å². The van der Waals surface area contributed by atoms with E-state index in [1.807, 2.05) is 0 Å². The molecule has 67 heavy (non-hydrogen) atoms. The van der Waals surface area contributed by atoms with Gasteiger partial charge in [-0.05, 0) is 95.6 Å². The zero-order valence-electron chi connectivity index (χ0n) is 46.5. The van der Waals surface area contributed by atoms with Gasteiger partial charge in [0, 0.05) is 13.0 Å². The van der Waals surface area contributed by atoms with E-state index in [4.69, 9.17) is 9.47 Å². The summed E-state index contributed by atoms with van der Waals surface area (Å²) in [7, 11) is 0. The van der Waals surface area contributed by atoms with Crippen molar-refractivity contribution in [2.45, 2.75) is 330 Å². The van der Waals surface area contributed by atoms with Crippen LogP contribution in [0, 0.1) is 17.8 Å². The average molecular weight is 949 g/mol. The summed E-state index contributed by atoms with van der Waals surface area (Å²) in [4.78, 5) is 29.3.